The minimum Gasteiger partial charge on any atom is -0.352 e. The minimum atomic E-state index is -0.148. The normalized spacial score (nSPS) is 10.1. The highest BCUT2D eigenvalue weighted by Crippen LogP contribution is 2.10. The SMILES string of the molecule is CC(=O)Nc1cccc(C(=O)NCC(C)C)c1. The second-order valence-electron chi connectivity index (χ2n) is 4.37. The Labute approximate surface area is 101 Å². The van der Waals surface area contributed by atoms with Crippen molar-refractivity contribution in [3.05, 3.63) is 29.8 Å². The molecule has 1 aromatic carbocycles. The lowest BCUT2D eigenvalue weighted by Crippen LogP contribution is -2.27. The number of rotatable bonds is 4. The van der Waals surface area contributed by atoms with E-state index >= 15 is 0 Å². The molecular weight excluding hydrogens is 216 g/mol. The standard InChI is InChI=1S/C13H18N2O2/c1-9(2)8-14-13(17)11-5-4-6-12(7-11)15-10(3)16/h4-7,9H,8H2,1-3H3,(H,14,17)(H,15,16). The molecule has 1 rings (SSSR count). The van der Waals surface area contributed by atoms with Crippen LogP contribution < -0.4 is 10.6 Å². The van der Waals surface area contributed by atoms with E-state index < -0.39 is 0 Å². The topological polar surface area (TPSA) is 58.2 Å². The zero-order valence-electron chi connectivity index (χ0n) is 10.4. The Morgan fingerprint density at radius 3 is 2.59 bits per heavy atom. The minimum absolute atomic E-state index is 0.120. The molecule has 0 bridgehead atoms. The van der Waals surface area contributed by atoms with E-state index in [1.54, 1.807) is 24.3 Å². The van der Waals surface area contributed by atoms with E-state index in [1.165, 1.54) is 6.92 Å². The second-order valence-corrected chi connectivity index (χ2v) is 4.37. The van der Waals surface area contributed by atoms with Gasteiger partial charge in [0.15, 0.2) is 0 Å². The van der Waals surface area contributed by atoms with E-state index in [0.29, 0.717) is 23.7 Å². The van der Waals surface area contributed by atoms with Crippen molar-refractivity contribution in [2.75, 3.05) is 11.9 Å². The second kappa shape index (κ2) is 6.03. The molecule has 4 nitrogen and oxygen atoms in total. The van der Waals surface area contributed by atoms with Crippen LogP contribution >= 0.6 is 0 Å². The number of anilines is 1. The highest BCUT2D eigenvalue weighted by molar-refractivity contribution is 5.96. The Bertz CT molecular complexity index is 414. The Kier molecular flexibility index (Phi) is 4.69. The molecule has 1 aromatic rings. The first kappa shape index (κ1) is 13.2. The first-order chi connectivity index (χ1) is 7.99. The molecule has 0 saturated carbocycles. The largest absolute Gasteiger partial charge is 0.352 e. The fraction of sp³-hybridized carbons (Fsp3) is 0.385. The zero-order chi connectivity index (χ0) is 12.8. The van der Waals surface area contributed by atoms with Crippen LogP contribution in [0.1, 0.15) is 31.1 Å². The molecule has 0 heterocycles. The highest BCUT2D eigenvalue weighted by atomic mass is 16.2. The average molecular weight is 234 g/mol. The molecule has 0 unspecified atom stereocenters. The van der Waals surface area contributed by atoms with Crippen molar-refractivity contribution >= 4 is 17.5 Å². The van der Waals surface area contributed by atoms with E-state index in [-0.39, 0.29) is 11.8 Å². The molecule has 0 atom stereocenters. The van der Waals surface area contributed by atoms with E-state index in [1.807, 2.05) is 13.8 Å². The summed E-state index contributed by atoms with van der Waals surface area (Å²) in [5.41, 5.74) is 1.19. The summed E-state index contributed by atoms with van der Waals surface area (Å²) >= 11 is 0. The van der Waals surface area contributed by atoms with E-state index in [9.17, 15) is 9.59 Å². The van der Waals surface area contributed by atoms with Crippen LogP contribution in [-0.2, 0) is 4.79 Å². The van der Waals surface area contributed by atoms with Gasteiger partial charge in [-0.15, -0.1) is 0 Å². The number of nitrogens with one attached hydrogen (secondary N) is 2. The van der Waals surface area contributed by atoms with Crippen molar-refractivity contribution in [1.29, 1.82) is 0 Å². The van der Waals surface area contributed by atoms with Gasteiger partial charge in [-0.25, -0.2) is 0 Å². The number of hydrogen-bond acceptors (Lipinski definition) is 2. The van der Waals surface area contributed by atoms with Crippen molar-refractivity contribution in [1.82, 2.24) is 5.32 Å². The van der Waals surface area contributed by atoms with E-state index in [2.05, 4.69) is 10.6 Å². The zero-order valence-corrected chi connectivity index (χ0v) is 10.4. The number of hydrogen-bond donors (Lipinski definition) is 2. The van der Waals surface area contributed by atoms with Gasteiger partial charge in [0.1, 0.15) is 0 Å². The molecule has 0 spiro atoms. The molecular formula is C13H18N2O2. The molecule has 2 N–H and O–H groups in total. The fourth-order valence-electron chi connectivity index (χ4n) is 1.34. The summed E-state index contributed by atoms with van der Waals surface area (Å²) in [7, 11) is 0. The molecule has 0 fully saturated rings. The smallest absolute Gasteiger partial charge is 0.251 e. The predicted molar refractivity (Wildman–Crippen MR) is 67.9 cm³/mol. The van der Waals surface area contributed by atoms with Crippen molar-refractivity contribution < 1.29 is 9.59 Å². The summed E-state index contributed by atoms with van der Waals surface area (Å²) in [5, 5.41) is 5.47. The summed E-state index contributed by atoms with van der Waals surface area (Å²) in [4.78, 5) is 22.7. The third kappa shape index (κ3) is 4.68. The lowest BCUT2D eigenvalue weighted by Gasteiger charge is -2.08. The van der Waals surface area contributed by atoms with Crippen LogP contribution in [0.5, 0.6) is 0 Å². The van der Waals surface area contributed by atoms with Crippen LogP contribution in [0.15, 0.2) is 24.3 Å². The van der Waals surface area contributed by atoms with Crippen molar-refractivity contribution in [2.45, 2.75) is 20.8 Å². The summed E-state index contributed by atoms with van der Waals surface area (Å²) in [6, 6.07) is 6.88. The molecule has 4 heteroatoms. The quantitative estimate of drug-likeness (QED) is 0.837. The Hall–Kier alpha value is -1.84. The molecule has 0 saturated heterocycles. The summed E-state index contributed by atoms with van der Waals surface area (Å²) in [5.74, 6) is 0.146. The number of amides is 2. The summed E-state index contributed by atoms with van der Waals surface area (Å²) in [6.45, 7) is 6.15. The number of carbonyl (C=O) groups excluding carboxylic acids is 2. The van der Waals surface area contributed by atoms with E-state index in [4.69, 9.17) is 0 Å². The Morgan fingerprint density at radius 2 is 2.00 bits per heavy atom. The summed E-state index contributed by atoms with van der Waals surface area (Å²) < 4.78 is 0. The van der Waals surface area contributed by atoms with Gasteiger partial charge >= 0.3 is 0 Å². The Balaban J connectivity index is 2.70. The maximum atomic E-state index is 11.8. The first-order valence-corrected chi connectivity index (χ1v) is 5.65. The van der Waals surface area contributed by atoms with Gasteiger partial charge in [0.05, 0.1) is 0 Å². The van der Waals surface area contributed by atoms with Crippen molar-refractivity contribution in [3.63, 3.8) is 0 Å². The highest BCUT2D eigenvalue weighted by Gasteiger charge is 2.06. The van der Waals surface area contributed by atoms with Gasteiger partial charge in [0.2, 0.25) is 5.91 Å². The number of benzene rings is 1. The molecule has 0 radical (unpaired) electrons. The van der Waals surface area contributed by atoms with Gasteiger partial charge in [-0.05, 0) is 24.1 Å². The van der Waals surface area contributed by atoms with Crippen LogP contribution in [0.3, 0.4) is 0 Å². The molecule has 92 valence electrons. The van der Waals surface area contributed by atoms with Gasteiger partial charge in [0.25, 0.3) is 5.91 Å². The molecule has 0 aliphatic carbocycles. The molecule has 2 amide bonds. The van der Waals surface area contributed by atoms with E-state index in [0.717, 1.165) is 0 Å². The average Bonchev–Trinajstić information content (AvgIpc) is 2.25. The van der Waals surface area contributed by atoms with Gasteiger partial charge < -0.3 is 10.6 Å². The Morgan fingerprint density at radius 1 is 1.29 bits per heavy atom. The van der Waals surface area contributed by atoms with Crippen molar-refractivity contribution in [3.8, 4) is 0 Å². The van der Waals surface area contributed by atoms with Gasteiger partial charge in [0, 0.05) is 24.7 Å². The van der Waals surface area contributed by atoms with Gasteiger partial charge in [-0.1, -0.05) is 19.9 Å². The van der Waals surface area contributed by atoms with Crippen molar-refractivity contribution in [2.24, 2.45) is 5.92 Å². The van der Waals surface area contributed by atoms with Gasteiger partial charge in [-0.2, -0.15) is 0 Å². The van der Waals surface area contributed by atoms with Crippen LogP contribution in [0, 0.1) is 5.92 Å². The first-order valence-electron chi connectivity index (χ1n) is 5.65. The van der Waals surface area contributed by atoms with Crippen LogP contribution in [-0.4, -0.2) is 18.4 Å². The van der Waals surface area contributed by atoms with Gasteiger partial charge in [-0.3, -0.25) is 9.59 Å². The van der Waals surface area contributed by atoms with Crippen LogP contribution in [0.4, 0.5) is 5.69 Å². The predicted octanol–water partition coefficient (Wildman–Crippen LogP) is 2.03. The third-order valence-electron chi connectivity index (χ3n) is 2.12. The molecule has 0 aliphatic rings. The molecule has 0 aromatic heterocycles. The third-order valence-corrected chi connectivity index (χ3v) is 2.12. The summed E-state index contributed by atoms with van der Waals surface area (Å²) in [6.07, 6.45) is 0. The van der Waals surface area contributed by atoms with Crippen LogP contribution in [0.25, 0.3) is 0 Å². The monoisotopic (exact) mass is 234 g/mol. The molecule has 17 heavy (non-hydrogen) atoms. The maximum Gasteiger partial charge on any atom is 0.251 e. The maximum absolute atomic E-state index is 11.8. The fourth-order valence-corrected chi connectivity index (χ4v) is 1.34. The number of carbonyl (C=O) groups is 2. The lowest BCUT2D eigenvalue weighted by molar-refractivity contribution is -0.114. The lowest BCUT2D eigenvalue weighted by atomic mass is 10.1. The van der Waals surface area contributed by atoms with Crippen LogP contribution in [0.2, 0.25) is 0 Å². The molecule has 0 aliphatic heterocycles.